The topological polar surface area (TPSA) is 43.1 Å². The maximum Gasteiger partial charge on any atom is 0.210 e. The molecule has 1 atom stereocenters. The number of benzene rings is 1. The fourth-order valence-corrected chi connectivity index (χ4v) is 1.34. The number of rotatable bonds is 3. The SMILES string of the molecule is CC(C[N+](=O)[O-])c1cccc(Cl)c1. The molecule has 4 heteroatoms. The molecule has 0 bridgehead atoms. The van der Waals surface area contributed by atoms with Crippen LogP contribution in [-0.4, -0.2) is 11.5 Å². The fourth-order valence-electron chi connectivity index (χ4n) is 1.14. The summed E-state index contributed by atoms with van der Waals surface area (Å²) < 4.78 is 0. The van der Waals surface area contributed by atoms with Crippen molar-refractivity contribution >= 4 is 11.6 Å². The van der Waals surface area contributed by atoms with Crippen LogP contribution in [0.1, 0.15) is 18.4 Å². The third-order valence-electron chi connectivity index (χ3n) is 1.84. The highest BCUT2D eigenvalue weighted by Crippen LogP contribution is 2.19. The second kappa shape index (κ2) is 4.23. The Balaban J connectivity index is 2.76. The molecule has 0 saturated heterocycles. The van der Waals surface area contributed by atoms with Crippen molar-refractivity contribution in [1.82, 2.24) is 0 Å². The molecule has 0 N–H and O–H groups in total. The predicted molar refractivity (Wildman–Crippen MR) is 51.7 cm³/mol. The molecular formula is C9H10ClNO2. The average molecular weight is 200 g/mol. The van der Waals surface area contributed by atoms with E-state index in [1.807, 2.05) is 13.0 Å². The van der Waals surface area contributed by atoms with Crippen molar-refractivity contribution in [1.29, 1.82) is 0 Å². The molecule has 0 aliphatic carbocycles. The maximum absolute atomic E-state index is 10.2. The van der Waals surface area contributed by atoms with Crippen molar-refractivity contribution in [2.24, 2.45) is 0 Å². The van der Waals surface area contributed by atoms with Crippen molar-refractivity contribution < 1.29 is 4.92 Å². The predicted octanol–water partition coefficient (Wildman–Crippen LogP) is 2.72. The molecule has 0 radical (unpaired) electrons. The van der Waals surface area contributed by atoms with E-state index in [-0.39, 0.29) is 17.4 Å². The summed E-state index contributed by atoms with van der Waals surface area (Å²) in [5.41, 5.74) is 0.907. The van der Waals surface area contributed by atoms with Crippen LogP contribution >= 0.6 is 11.6 Å². The van der Waals surface area contributed by atoms with E-state index in [4.69, 9.17) is 11.6 Å². The average Bonchev–Trinajstić information content (AvgIpc) is 2.03. The second-order valence-corrected chi connectivity index (χ2v) is 3.41. The molecule has 0 heterocycles. The van der Waals surface area contributed by atoms with Crippen LogP contribution in [0.25, 0.3) is 0 Å². The van der Waals surface area contributed by atoms with Crippen molar-refractivity contribution in [2.45, 2.75) is 12.8 Å². The van der Waals surface area contributed by atoms with Crippen LogP contribution in [0.15, 0.2) is 24.3 Å². The first-order valence-corrected chi connectivity index (χ1v) is 4.34. The molecular weight excluding hydrogens is 190 g/mol. The molecule has 1 aromatic carbocycles. The van der Waals surface area contributed by atoms with Gasteiger partial charge in [0.05, 0.1) is 0 Å². The number of hydrogen-bond donors (Lipinski definition) is 0. The molecule has 1 rings (SSSR count). The molecule has 70 valence electrons. The third kappa shape index (κ3) is 3.03. The first kappa shape index (κ1) is 9.99. The van der Waals surface area contributed by atoms with Crippen LogP contribution < -0.4 is 0 Å². The van der Waals surface area contributed by atoms with E-state index in [0.717, 1.165) is 5.56 Å². The first-order chi connectivity index (χ1) is 6.09. The Morgan fingerprint density at radius 3 is 2.85 bits per heavy atom. The smallest absolute Gasteiger partial charge is 0.210 e. The van der Waals surface area contributed by atoms with Gasteiger partial charge in [0.2, 0.25) is 6.54 Å². The Morgan fingerprint density at radius 2 is 2.31 bits per heavy atom. The van der Waals surface area contributed by atoms with Gasteiger partial charge in [0.15, 0.2) is 0 Å². The minimum atomic E-state index is -0.314. The van der Waals surface area contributed by atoms with Gasteiger partial charge in [-0.1, -0.05) is 30.7 Å². The van der Waals surface area contributed by atoms with Gasteiger partial charge in [0.25, 0.3) is 0 Å². The van der Waals surface area contributed by atoms with E-state index in [1.54, 1.807) is 18.2 Å². The van der Waals surface area contributed by atoms with Crippen LogP contribution in [0.5, 0.6) is 0 Å². The van der Waals surface area contributed by atoms with E-state index in [0.29, 0.717) is 5.02 Å². The summed E-state index contributed by atoms with van der Waals surface area (Å²) in [4.78, 5) is 9.93. The van der Waals surface area contributed by atoms with Crippen LogP contribution in [0.4, 0.5) is 0 Å². The summed E-state index contributed by atoms with van der Waals surface area (Å²) in [5, 5.41) is 10.9. The van der Waals surface area contributed by atoms with Crippen molar-refractivity contribution in [3.8, 4) is 0 Å². The van der Waals surface area contributed by atoms with E-state index >= 15 is 0 Å². The quantitative estimate of drug-likeness (QED) is 0.555. The molecule has 0 fully saturated rings. The lowest BCUT2D eigenvalue weighted by atomic mass is 10.0. The van der Waals surface area contributed by atoms with E-state index in [9.17, 15) is 10.1 Å². The van der Waals surface area contributed by atoms with Gasteiger partial charge in [0, 0.05) is 15.9 Å². The van der Waals surface area contributed by atoms with Gasteiger partial charge < -0.3 is 0 Å². The third-order valence-corrected chi connectivity index (χ3v) is 2.08. The van der Waals surface area contributed by atoms with E-state index < -0.39 is 0 Å². The highest BCUT2D eigenvalue weighted by Gasteiger charge is 2.11. The Labute approximate surface area is 81.5 Å². The lowest BCUT2D eigenvalue weighted by molar-refractivity contribution is -0.482. The van der Waals surface area contributed by atoms with Gasteiger partial charge in [-0.3, -0.25) is 10.1 Å². The molecule has 0 aliphatic heterocycles. The molecule has 0 aliphatic rings. The highest BCUT2D eigenvalue weighted by molar-refractivity contribution is 6.30. The number of halogens is 1. The van der Waals surface area contributed by atoms with Gasteiger partial charge in [-0.25, -0.2) is 0 Å². The van der Waals surface area contributed by atoms with Gasteiger partial charge >= 0.3 is 0 Å². The van der Waals surface area contributed by atoms with E-state index in [2.05, 4.69) is 0 Å². The zero-order valence-corrected chi connectivity index (χ0v) is 7.99. The normalized spacial score (nSPS) is 12.5. The summed E-state index contributed by atoms with van der Waals surface area (Å²) >= 11 is 5.76. The molecule has 13 heavy (non-hydrogen) atoms. The zero-order chi connectivity index (χ0) is 9.84. The summed E-state index contributed by atoms with van der Waals surface area (Å²) in [6.07, 6.45) is 0. The molecule has 0 saturated carbocycles. The first-order valence-electron chi connectivity index (χ1n) is 3.97. The van der Waals surface area contributed by atoms with Gasteiger partial charge in [-0.05, 0) is 17.7 Å². The molecule has 1 unspecified atom stereocenters. The Morgan fingerprint density at radius 1 is 1.62 bits per heavy atom. The Bertz CT molecular complexity index is 314. The lowest BCUT2D eigenvalue weighted by Crippen LogP contribution is -2.09. The number of nitrogens with zero attached hydrogens (tertiary/aromatic N) is 1. The van der Waals surface area contributed by atoms with Crippen LogP contribution in [0, 0.1) is 10.1 Å². The number of nitro groups is 1. The molecule has 0 spiro atoms. The van der Waals surface area contributed by atoms with Crippen LogP contribution in [0.3, 0.4) is 0 Å². The van der Waals surface area contributed by atoms with Crippen molar-refractivity contribution in [2.75, 3.05) is 6.54 Å². The van der Waals surface area contributed by atoms with Crippen LogP contribution in [-0.2, 0) is 0 Å². The highest BCUT2D eigenvalue weighted by atomic mass is 35.5. The fraction of sp³-hybridized carbons (Fsp3) is 0.333. The number of hydrogen-bond acceptors (Lipinski definition) is 2. The lowest BCUT2D eigenvalue weighted by Gasteiger charge is -2.06. The standard InChI is InChI=1S/C9H10ClNO2/c1-7(6-11(12)13)8-3-2-4-9(10)5-8/h2-5,7H,6H2,1H3. The molecule has 0 amide bonds. The van der Waals surface area contributed by atoms with E-state index in [1.165, 1.54) is 0 Å². The van der Waals surface area contributed by atoms with Crippen LogP contribution in [0.2, 0.25) is 5.02 Å². The van der Waals surface area contributed by atoms with Gasteiger partial charge in [0.1, 0.15) is 0 Å². The summed E-state index contributed by atoms with van der Waals surface area (Å²) in [7, 11) is 0. The van der Waals surface area contributed by atoms with Crippen molar-refractivity contribution in [3.05, 3.63) is 45.0 Å². The summed E-state index contributed by atoms with van der Waals surface area (Å²) in [5.74, 6) is -0.0892. The molecule has 0 aromatic heterocycles. The Hall–Kier alpha value is -1.09. The minimum Gasteiger partial charge on any atom is -0.265 e. The summed E-state index contributed by atoms with van der Waals surface area (Å²) in [6.45, 7) is 1.76. The zero-order valence-electron chi connectivity index (χ0n) is 7.24. The van der Waals surface area contributed by atoms with Gasteiger partial charge in [-0.15, -0.1) is 0 Å². The monoisotopic (exact) mass is 199 g/mol. The minimum absolute atomic E-state index is 0.0552. The Kier molecular flexibility index (Phi) is 3.25. The molecule has 1 aromatic rings. The maximum atomic E-state index is 10.2. The van der Waals surface area contributed by atoms with Crippen molar-refractivity contribution in [3.63, 3.8) is 0 Å². The second-order valence-electron chi connectivity index (χ2n) is 2.97. The van der Waals surface area contributed by atoms with Gasteiger partial charge in [-0.2, -0.15) is 0 Å². The largest absolute Gasteiger partial charge is 0.265 e. The molecule has 3 nitrogen and oxygen atoms in total. The summed E-state index contributed by atoms with van der Waals surface area (Å²) in [6, 6.07) is 7.16.